The number of piperazine rings is 1. The highest BCUT2D eigenvalue weighted by Crippen LogP contribution is 2.19. The van der Waals surface area contributed by atoms with Gasteiger partial charge in [-0.1, -0.05) is 0 Å². The summed E-state index contributed by atoms with van der Waals surface area (Å²) in [7, 11) is 0. The topological polar surface area (TPSA) is 57.3 Å². The highest BCUT2D eigenvalue weighted by atomic mass is 16.2. The van der Waals surface area contributed by atoms with Crippen LogP contribution in [-0.2, 0) is 13.0 Å². The van der Waals surface area contributed by atoms with Gasteiger partial charge in [-0.05, 0) is 24.1 Å². The predicted molar refractivity (Wildman–Crippen MR) is 68.4 cm³/mol. The number of hydrogen-bond acceptors (Lipinski definition) is 4. The zero-order chi connectivity index (χ0) is 12.4. The van der Waals surface area contributed by atoms with E-state index in [1.54, 1.807) is 6.20 Å². The van der Waals surface area contributed by atoms with Crippen molar-refractivity contribution in [2.24, 2.45) is 0 Å². The summed E-state index contributed by atoms with van der Waals surface area (Å²) in [6.45, 7) is 5.12. The van der Waals surface area contributed by atoms with Crippen LogP contribution in [0.25, 0.3) is 0 Å². The summed E-state index contributed by atoms with van der Waals surface area (Å²) in [6.07, 6.45) is 4.52. The Morgan fingerprint density at radius 3 is 2.83 bits per heavy atom. The molecule has 96 valence electrons. The van der Waals surface area contributed by atoms with Gasteiger partial charge in [0.25, 0.3) is 5.91 Å². The van der Waals surface area contributed by atoms with E-state index >= 15 is 0 Å². The molecule has 3 rings (SSSR count). The summed E-state index contributed by atoms with van der Waals surface area (Å²) < 4.78 is 0. The van der Waals surface area contributed by atoms with Gasteiger partial charge in [-0.2, -0.15) is 0 Å². The van der Waals surface area contributed by atoms with E-state index in [0.717, 1.165) is 51.3 Å². The number of aromatic nitrogens is 1. The summed E-state index contributed by atoms with van der Waals surface area (Å²) in [5, 5.41) is 6.58. The first-order valence-electron chi connectivity index (χ1n) is 6.53. The van der Waals surface area contributed by atoms with Crippen molar-refractivity contribution in [3.63, 3.8) is 0 Å². The van der Waals surface area contributed by atoms with Gasteiger partial charge in [-0.15, -0.1) is 0 Å². The third-order valence-electron chi connectivity index (χ3n) is 3.65. The molecular formula is C13H18N4O. The Balaban J connectivity index is 1.89. The molecule has 18 heavy (non-hydrogen) atoms. The second-order valence-corrected chi connectivity index (χ2v) is 4.79. The largest absolute Gasteiger partial charge is 0.336 e. The highest BCUT2D eigenvalue weighted by Gasteiger charge is 2.23. The molecule has 0 atom stereocenters. The second-order valence-electron chi connectivity index (χ2n) is 4.79. The van der Waals surface area contributed by atoms with Crippen LogP contribution in [0.3, 0.4) is 0 Å². The van der Waals surface area contributed by atoms with Gasteiger partial charge in [0.1, 0.15) is 0 Å². The number of carbonyl (C=O) groups is 1. The molecule has 5 nitrogen and oxygen atoms in total. The molecule has 1 saturated heterocycles. The van der Waals surface area contributed by atoms with Crippen molar-refractivity contribution < 1.29 is 4.79 Å². The Morgan fingerprint density at radius 2 is 2.00 bits per heavy atom. The molecule has 1 fully saturated rings. The first-order chi connectivity index (χ1) is 8.86. The molecule has 0 saturated carbocycles. The second kappa shape index (κ2) is 5.04. The first kappa shape index (κ1) is 11.6. The van der Waals surface area contributed by atoms with Crippen molar-refractivity contribution in [2.75, 3.05) is 32.7 Å². The Hall–Kier alpha value is -1.46. The monoisotopic (exact) mass is 246 g/mol. The summed E-state index contributed by atoms with van der Waals surface area (Å²) in [4.78, 5) is 18.6. The molecule has 0 aromatic carbocycles. The lowest BCUT2D eigenvalue weighted by Gasteiger charge is -2.29. The van der Waals surface area contributed by atoms with Crippen LogP contribution in [0.4, 0.5) is 0 Å². The third-order valence-corrected chi connectivity index (χ3v) is 3.65. The minimum Gasteiger partial charge on any atom is -0.336 e. The predicted octanol–water partition coefficient (Wildman–Crippen LogP) is -0.227. The molecule has 0 radical (unpaired) electrons. The van der Waals surface area contributed by atoms with E-state index in [-0.39, 0.29) is 5.91 Å². The average molecular weight is 246 g/mol. The van der Waals surface area contributed by atoms with Crippen molar-refractivity contribution in [3.05, 3.63) is 29.1 Å². The summed E-state index contributed by atoms with van der Waals surface area (Å²) >= 11 is 0. The molecule has 3 heterocycles. The highest BCUT2D eigenvalue weighted by molar-refractivity contribution is 5.95. The van der Waals surface area contributed by atoms with E-state index in [2.05, 4.69) is 15.6 Å². The molecule has 1 amide bonds. The fourth-order valence-electron chi connectivity index (χ4n) is 2.64. The van der Waals surface area contributed by atoms with Crippen LogP contribution in [-0.4, -0.2) is 48.5 Å². The van der Waals surface area contributed by atoms with Crippen molar-refractivity contribution >= 4 is 5.91 Å². The van der Waals surface area contributed by atoms with Gasteiger partial charge < -0.3 is 15.5 Å². The summed E-state index contributed by atoms with van der Waals surface area (Å²) in [6, 6.07) is 0. The smallest absolute Gasteiger partial charge is 0.255 e. The van der Waals surface area contributed by atoms with Gasteiger partial charge in [0.15, 0.2) is 0 Å². The van der Waals surface area contributed by atoms with Gasteiger partial charge in [-0.3, -0.25) is 9.78 Å². The molecule has 0 unspecified atom stereocenters. The van der Waals surface area contributed by atoms with Gasteiger partial charge in [0, 0.05) is 45.1 Å². The van der Waals surface area contributed by atoms with Crippen LogP contribution < -0.4 is 10.6 Å². The fourth-order valence-corrected chi connectivity index (χ4v) is 2.64. The van der Waals surface area contributed by atoms with Crippen LogP contribution in [0.5, 0.6) is 0 Å². The van der Waals surface area contributed by atoms with Crippen molar-refractivity contribution in [3.8, 4) is 0 Å². The summed E-state index contributed by atoms with van der Waals surface area (Å²) in [5.41, 5.74) is 3.16. The van der Waals surface area contributed by atoms with Crippen LogP contribution in [0.15, 0.2) is 12.4 Å². The molecule has 2 N–H and O–H groups in total. The van der Waals surface area contributed by atoms with Crippen LogP contribution in [0, 0.1) is 0 Å². The Morgan fingerprint density at radius 1 is 1.17 bits per heavy atom. The Kier molecular flexibility index (Phi) is 3.25. The lowest BCUT2D eigenvalue weighted by Crippen LogP contribution is -2.46. The molecule has 0 aliphatic carbocycles. The van der Waals surface area contributed by atoms with Gasteiger partial charge >= 0.3 is 0 Å². The van der Waals surface area contributed by atoms with Gasteiger partial charge in [0.05, 0.1) is 5.56 Å². The lowest BCUT2D eigenvalue weighted by atomic mass is 9.97. The molecule has 0 bridgehead atoms. The number of amides is 1. The van der Waals surface area contributed by atoms with Crippen LogP contribution >= 0.6 is 0 Å². The minimum atomic E-state index is 0.141. The maximum absolute atomic E-state index is 12.5. The fraction of sp³-hybridized carbons (Fsp3) is 0.538. The molecular weight excluding hydrogens is 228 g/mol. The number of fused-ring (bicyclic) bond motifs is 1. The van der Waals surface area contributed by atoms with E-state index < -0.39 is 0 Å². The number of carbonyl (C=O) groups excluding carboxylic acids is 1. The van der Waals surface area contributed by atoms with Crippen LogP contribution in [0.1, 0.15) is 21.5 Å². The lowest BCUT2D eigenvalue weighted by molar-refractivity contribution is 0.0734. The maximum Gasteiger partial charge on any atom is 0.255 e. The summed E-state index contributed by atoms with van der Waals surface area (Å²) in [5.74, 6) is 0.141. The Labute approximate surface area is 107 Å². The zero-order valence-electron chi connectivity index (χ0n) is 10.4. The maximum atomic E-state index is 12.5. The standard InChI is InChI=1S/C13H18N4O/c18-13(17-5-3-14-4-6-17)12-9-16-8-10-7-15-2-1-11(10)12/h8-9,14-15H,1-7H2. The molecule has 1 aromatic rings. The van der Waals surface area contributed by atoms with Crippen molar-refractivity contribution in [1.82, 2.24) is 20.5 Å². The van der Waals surface area contributed by atoms with Gasteiger partial charge in [-0.25, -0.2) is 0 Å². The number of nitrogens with zero attached hydrogens (tertiary/aromatic N) is 2. The molecule has 5 heteroatoms. The SMILES string of the molecule is O=C(c1cncc2c1CCNC2)N1CCNCC1. The van der Waals surface area contributed by atoms with E-state index in [0.29, 0.717) is 0 Å². The zero-order valence-corrected chi connectivity index (χ0v) is 10.4. The average Bonchev–Trinajstić information content (AvgIpc) is 2.47. The third kappa shape index (κ3) is 2.11. The van der Waals surface area contributed by atoms with E-state index in [1.165, 1.54) is 11.1 Å². The normalized spacial score (nSPS) is 19.4. The number of nitrogens with one attached hydrogen (secondary N) is 2. The van der Waals surface area contributed by atoms with E-state index in [1.807, 2.05) is 11.1 Å². The Bertz CT molecular complexity index is 454. The quantitative estimate of drug-likeness (QED) is 0.719. The number of hydrogen-bond donors (Lipinski definition) is 2. The first-order valence-corrected chi connectivity index (χ1v) is 6.53. The minimum absolute atomic E-state index is 0.141. The molecule has 0 spiro atoms. The molecule has 2 aliphatic heterocycles. The van der Waals surface area contributed by atoms with Gasteiger partial charge in [0.2, 0.25) is 0 Å². The number of rotatable bonds is 1. The van der Waals surface area contributed by atoms with Crippen LogP contribution in [0.2, 0.25) is 0 Å². The van der Waals surface area contributed by atoms with Crippen molar-refractivity contribution in [2.45, 2.75) is 13.0 Å². The molecule has 2 aliphatic rings. The number of pyridine rings is 1. The van der Waals surface area contributed by atoms with E-state index in [4.69, 9.17) is 0 Å². The van der Waals surface area contributed by atoms with Crippen molar-refractivity contribution in [1.29, 1.82) is 0 Å². The van der Waals surface area contributed by atoms with E-state index in [9.17, 15) is 4.79 Å². The molecule has 1 aromatic heterocycles.